The lowest BCUT2D eigenvalue weighted by atomic mass is 9.93. The highest BCUT2D eigenvalue weighted by Gasteiger charge is 2.16. The number of hydrogen-bond donors (Lipinski definition) is 1. The van der Waals surface area contributed by atoms with Crippen molar-refractivity contribution in [2.45, 2.75) is 33.7 Å². The maximum Gasteiger partial charge on any atom is 0.119 e. The lowest BCUT2D eigenvalue weighted by molar-refractivity contribution is 0.339. The third-order valence-corrected chi connectivity index (χ3v) is 3.66. The fourth-order valence-electron chi connectivity index (χ4n) is 2.63. The maximum absolute atomic E-state index is 5.64. The third kappa shape index (κ3) is 3.85. The highest BCUT2D eigenvalue weighted by molar-refractivity contribution is 5.41. The summed E-state index contributed by atoms with van der Waals surface area (Å²) in [6.45, 7) is 10.1. The number of rotatable bonds is 6. The van der Waals surface area contributed by atoms with E-state index in [4.69, 9.17) is 4.74 Å². The van der Waals surface area contributed by atoms with Crippen molar-refractivity contribution in [3.63, 3.8) is 0 Å². The van der Waals surface area contributed by atoms with E-state index in [9.17, 15) is 0 Å². The Hall–Kier alpha value is -1.80. The minimum atomic E-state index is 0.204. The standard InChI is InChI=1S/C19H25NO/c1-5-20-19(18-12-14(3)10-11-15(18)4)16-8-7-9-17(13-16)21-6-2/h7-13,19-20H,5-6H2,1-4H3. The molecule has 1 atom stereocenters. The average molecular weight is 283 g/mol. The molecule has 0 aliphatic carbocycles. The van der Waals surface area contributed by atoms with E-state index in [1.807, 2.05) is 13.0 Å². The molecule has 0 aliphatic heterocycles. The predicted octanol–water partition coefficient (Wildman–Crippen LogP) is 4.40. The Kier molecular flexibility index (Phi) is 5.40. The molecular weight excluding hydrogens is 258 g/mol. The van der Waals surface area contributed by atoms with Crippen LogP contribution in [0.2, 0.25) is 0 Å². The van der Waals surface area contributed by atoms with Gasteiger partial charge in [0.25, 0.3) is 0 Å². The molecule has 112 valence electrons. The minimum Gasteiger partial charge on any atom is -0.494 e. The average Bonchev–Trinajstić information content (AvgIpc) is 2.48. The van der Waals surface area contributed by atoms with Gasteiger partial charge in [-0.05, 0) is 56.1 Å². The Balaban J connectivity index is 2.42. The lowest BCUT2D eigenvalue weighted by Gasteiger charge is -2.22. The van der Waals surface area contributed by atoms with Crippen LogP contribution in [0.4, 0.5) is 0 Å². The van der Waals surface area contributed by atoms with Crippen molar-refractivity contribution in [1.82, 2.24) is 5.32 Å². The van der Waals surface area contributed by atoms with Gasteiger partial charge in [0, 0.05) is 0 Å². The van der Waals surface area contributed by atoms with E-state index in [0.717, 1.165) is 12.3 Å². The monoisotopic (exact) mass is 283 g/mol. The predicted molar refractivity (Wildman–Crippen MR) is 89.0 cm³/mol. The molecule has 2 rings (SSSR count). The van der Waals surface area contributed by atoms with Gasteiger partial charge in [0.2, 0.25) is 0 Å². The molecule has 0 bridgehead atoms. The first kappa shape index (κ1) is 15.6. The molecule has 0 amide bonds. The summed E-state index contributed by atoms with van der Waals surface area (Å²) < 4.78 is 5.64. The maximum atomic E-state index is 5.64. The fourth-order valence-corrected chi connectivity index (χ4v) is 2.63. The van der Waals surface area contributed by atoms with E-state index in [0.29, 0.717) is 6.61 Å². The van der Waals surface area contributed by atoms with Crippen molar-refractivity contribution in [3.05, 3.63) is 64.7 Å². The number of aryl methyl sites for hydroxylation is 2. The molecule has 2 aromatic rings. The zero-order valence-electron chi connectivity index (χ0n) is 13.4. The van der Waals surface area contributed by atoms with Crippen LogP contribution in [0.25, 0.3) is 0 Å². The Morgan fingerprint density at radius 2 is 1.86 bits per heavy atom. The van der Waals surface area contributed by atoms with Gasteiger partial charge >= 0.3 is 0 Å². The van der Waals surface area contributed by atoms with Crippen LogP contribution in [0.3, 0.4) is 0 Å². The molecule has 0 spiro atoms. The fraction of sp³-hybridized carbons (Fsp3) is 0.368. The largest absolute Gasteiger partial charge is 0.494 e. The van der Waals surface area contributed by atoms with Crippen LogP contribution in [0.5, 0.6) is 5.75 Å². The second-order valence-corrected chi connectivity index (χ2v) is 5.36. The Morgan fingerprint density at radius 1 is 1.05 bits per heavy atom. The molecule has 2 nitrogen and oxygen atoms in total. The second kappa shape index (κ2) is 7.28. The van der Waals surface area contributed by atoms with Crippen molar-refractivity contribution in [2.24, 2.45) is 0 Å². The number of ether oxygens (including phenoxy) is 1. The quantitative estimate of drug-likeness (QED) is 0.848. The van der Waals surface area contributed by atoms with E-state index >= 15 is 0 Å². The van der Waals surface area contributed by atoms with Crippen LogP contribution in [0, 0.1) is 13.8 Å². The molecule has 0 aromatic heterocycles. The molecule has 0 saturated carbocycles. The second-order valence-electron chi connectivity index (χ2n) is 5.36. The van der Waals surface area contributed by atoms with Crippen LogP contribution in [-0.2, 0) is 0 Å². The van der Waals surface area contributed by atoms with Crippen molar-refractivity contribution in [3.8, 4) is 5.75 Å². The van der Waals surface area contributed by atoms with E-state index in [1.54, 1.807) is 0 Å². The molecule has 1 N–H and O–H groups in total. The summed E-state index contributed by atoms with van der Waals surface area (Å²) >= 11 is 0. The molecule has 0 radical (unpaired) electrons. The van der Waals surface area contributed by atoms with Gasteiger partial charge in [-0.15, -0.1) is 0 Å². The van der Waals surface area contributed by atoms with E-state index < -0.39 is 0 Å². The van der Waals surface area contributed by atoms with Crippen LogP contribution in [0.15, 0.2) is 42.5 Å². The first-order valence-corrected chi connectivity index (χ1v) is 7.69. The van der Waals surface area contributed by atoms with Gasteiger partial charge in [-0.2, -0.15) is 0 Å². The van der Waals surface area contributed by atoms with Crippen LogP contribution >= 0.6 is 0 Å². The first-order valence-electron chi connectivity index (χ1n) is 7.69. The smallest absolute Gasteiger partial charge is 0.119 e. The van der Waals surface area contributed by atoms with Crippen LogP contribution in [-0.4, -0.2) is 13.2 Å². The van der Waals surface area contributed by atoms with E-state index in [-0.39, 0.29) is 6.04 Å². The summed E-state index contributed by atoms with van der Waals surface area (Å²) in [4.78, 5) is 0. The highest BCUT2D eigenvalue weighted by atomic mass is 16.5. The van der Waals surface area contributed by atoms with Gasteiger partial charge in [0.1, 0.15) is 5.75 Å². The molecule has 0 fully saturated rings. The summed E-state index contributed by atoms with van der Waals surface area (Å²) in [6.07, 6.45) is 0. The lowest BCUT2D eigenvalue weighted by Crippen LogP contribution is -2.23. The normalized spacial score (nSPS) is 12.2. The SMILES string of the molecule is CCNC(c1cccc(OCC)c1)c1cc(C)ccc1C. The van der Waals surface area contributed by atoms with Crippen molar-refractivity contribution in [2.75, 3.05) is 13.2 Å². The van der Waals surface area contributed by atoms with E-state index in [1.165, 1.54) is 22.3 Å². The van der Waals surface area contributed by atoms with Gasteiger partial charge in [0.15, 0.2) is 0 Å². The van der Waals surface area contributed by atoms with Crippen LogP contribution < -0.4 is 10.1 Å². The number of benzene rings is 2. The molecule has 1 unspecified atom stereocenters. The summed E-state index contributed by atoms with van der Waals surface area (Å²) in [5.74, 6) is 0.934. The summed E-state index contributed by atoms with van der Waals surface area (Å²) in [5.41, 5.74) is 5.19. The molecular formula is C19H25NO. The number of hydrogen-bond acceptors (Lipinski definition) is 2. The van der Waals surface area contributed by atoms with Crippen molar-refractivity contribution < 1.29 is 4.74 Å². The molecule has 0 heterocycles. The first-order chi connectivity index (χ1) is 10.2. The molecule has 0 saturated heterocycles. The van der Waals surface area contributed by atoms with Gasteiger partial charge in [0.05, 0.1) is 12.6 Å². The molecule has 21 heavy (non-hydrogen) atoms. The summed E-state index contributed by atoms with van der Waals surface area (Å²) in [5, 5.41) is 3.60. The molecule has 0 aliphatic rings. The highest BCUT2D eigenvalue weighted by Crippen LogP contribution is 2.28. The Bertz CT molecular complexity index is 592. The van der Waals surface area contributed by atoms with Gasteiger partial charge < -0.3 is 10.1 Å². The van der Waals surface area contributed by atoms with Crippen molar-refractivity contribution >= 4 is 0 Å². The Labute approximate surface area is 128 Å². The zero-order valence-corrected chi connectivity index (χ0v) is 13.4. The number of nitrogens with one attached hydrogen (secondary N) is 1. The van der Waals surface area contributed by atoms with E-state index in [2.05, 4.69) is 62.5 Å². The Morgan fingerprint density at radius 3 is 2.57 bits per heavy atom. The third-order valence-electron chi connectivity index (χ3n) is 3.66. The summed E-state index contributed by atoms with van der Waals surface area (Å²) in [7, 11) is 0. The van der Waals surface area contributed by atoms with Crippen molar-refractivity contribution in [1.29, 1.82) is 0 Å². The van der Waals surface area contributed by atoms with Gasteiger partial charge in [-0.3, -0.25) is 0 Å². The van der Waals surface area contributed by atoms with Gasteiger partial charge in [-0.25, -0.2) is 0 Å². The molecule has 2 heteroatoms. The zero-order chi connectivity index (χ0) is 15.2. The van der Waals surface area contributed by atoms with Crippen LogP contribution in [0.1, 0.15) is 42.1 Å². The molecule has 2 aromatic carbocycles. The minimum absolute atomic E-state index is 0.204. The summed E-state index contributed by atoms with van der Waals surface area (Å²) in [6, 6.07) is 15.2. The topological polar surface area (TPSA) is 21.3 Å². The van der Waals surface area contributed by atoms with Gasteiger partial charge in [-0.1, -0.05) is 42.8 Å².